The summed E-state index contributed by atoms with van der Waals surface area (Å²) in [7, 11) is 0. The number of aryl methyl sites for hydroxylation is 1. The first-order valence-electron chi connectivity index (χ1n) is 9.42. The topological polar surface area (TPSA) is 58.4 Å². The Hall–Kier alpha value is -2.28. The summed E-state index contributed by atoms with van der Waals surface area (Å²) < 4.78 is 2.03. The molecular formula is C20H24N4O2S. The molecule has 2 heterocycles. The Morgan fingerprint density at radius 1 is 1.11 bits per heavy atom. The minimum Gasteiger partial charge on any atom is -0.339 e. The molecule has 2 amide bonds. The lowest BCUT2D eigenvalue weighted by molar-refractivity contribution is -0.139. The van der Waals surface area contributed by atoms with Gasteiger partial charge in [0.05, 0.1) is 11.4 Å². The predicted octanol–water partition coefficient (Wildman–Crippen LogP) is 2.35. The summed E-state index contributed by atoms with van der Waals surface area (Å²) in [6.07, 6.45) is 5.75. The van der Waals surface area contributed by atoms with Gasteiger partial charge in [-0.05, 0) is 31.4 Å². The van der Waals surface area contributed by atoms with Crippen LogP contribution >= 0.6 is 11.8 Å². The number of para-hydroxylation sites is 1. The van der Waals surface area contributed by atoms with Gasteiger partial charge < -0.3 is 9.80 Å². The van der Waals surface area contributed by atoms with Crippen LogP contribution in [-0.2, 0) is 9.59 Å². The first kappa shape index (κ1) is 18.1. The number of piperazine rings is 1. The number of hydrogen-bond acceptors (Lipinski definition) is 4. The zero-order chi connectivity index (χ0) is 18.8. The summed E-state index contributed by atoms with van der Waals surface area (Å²) in [5.41, 5.74) is 2.25. The number of rotatable bonds is 5. The standard InChI is InChI=1S/C20H24N4O2S/c1-15-4-2-3-5-17(15)24-9-8-21-20(24)27-14-18(25)22-10-12-23(13-11-22)19(26)16-6-7-16/h2-5,8-9,16H,6-7,10-14H2,1H3. The average Bonchev–Trinajstić information content (AvgIpc) is 3.44. The van der Waals surface area contributed by atoms with E-state index in [1.165, 1.54) is 17.3 Å². The number of benzene rings is 1. The molecule has 27 heavy (non-hydrogen) atoms. The van der Waals surface area contributed by atoms with Crippen LogP contribution in [0.2, 0.25) is 0 Å². The largest absolute Gasteiger partial charge is 0.339 e. The van der Waals surface area contributed by atoms with Crippen molar-refractivity contribution < 1.29 is 9.59 Å². The van der Waals surface area contributed by atoms with Crippen LogP contribution in [0.15, 0.2) is 41.8 Å². The second-order valence-electron chi connectivity index (χ2n) is 7.14. The predicted molar refractivity (Wildman–Crippen MR) is 105 cm³/mol. The molecule has 0 atom stereocenters. The van der Waals surface area contributed by atoms with E-state index in [2.05, 4.69) is 24.0 Å². The molecule has 2 aliphatic rings. The van der Waals surface area contributed by atoms with Crippen molar-refractivity contribution in [2.45, 2.75) is 24.9 Å². The van der Waals surface area contributed by atoms with Gasteiger partial charge in [-0.2, -0.15) is 0 Å². The molecule has 1 aliphatic carbocycles. The van der Waals surface area contributed by atoms with Crippen LogP contribution in [-0.4, -0.2) is 63.1 Å². The molecule has 0 unspecified atom stereocenters. The number of nitrogens with zero attached hydrogens (tertiary/aromatic N) is 4. The molecule has 0 N–H and O–H groups in total. The average molecular weight is 385 g/mol. The Bertz CT molecular complexity index is 838. The summed E-state index contributed by atoms with van der Waals surface area (Å²) in [4.78, 5) is 32.9. The summed E-state index contributed by atoms with van der Waals surface area (Å²) in [5.74, 6) is 0.997. The fraction of sp³-hybridized carbons (Fsp3) is 0.450. The normalized spacial score (nSPS) is 17.2. The maximum Gasteiger partial charge on any atom is 0.233 e. The highest BCUT2D eigenvalue weighted by atomic mass is 32.2. The van der Waals surface area contributed by atoms with E-state index in [0.717, 1.165) is 23.7 Å². The number of hydrogen-bond donors (Lipinski definition) is 0. The number of thioether (sulfide) groups is 1. The molecule has 2 fully saturated rings. The van der Waals surface area contributed by atoms with E-state index in [4.69, 9.17) is 0 Å². The number of carbonyl (C=O) groups is 2. The van der Waals surface area contributed by atoms with Crippen LogP contribution in [0.3, 0.4) is 0 Å². The van der Waals surface area contributed by atoms with Crippen LogP contribution < -0.4 is 0 Å². The van der Waals surface area contributed by atoms with Gasteiger partial charge in [-0.15, -0.1) is 0 Å². The van der Waals surface area contributed by atoms with Gasteiger partial charge in [0, 0.05) is 44.5 Å². The van der Waals surface area contributed by atoms with E-state index < -0.39 is 0 Å². The number of aromatic nitrogens is 2. The fourth-order valence-electron chi connectivity index (χ4n) is 3.40. The molecule has 7 heteroatoms. The van der Waals surface area contributed by atoms with Gasteiger partial charge in [0.1, 0.15) is 0 Å². The molecule has 6 nitrogen and oxygen atoms in total. The summed E-state index contributed by atoms with van der Waals surface area (Å²) in [6.45, 7) is 4.64. The Labute approximate surface area is 163 Å². The molecule has 1 aliphatic heterocycles. The molecule has 1 aromatic heterocycles. The highest BCUT2D eigenvalue weighted by Gasteiger charge is 2.35. The highest BCUT2D eigenvalue weighted by Crippen LogP contribution is 2.31. The smallest absolute Gasteiger partial charge is 0.233 e. The van der Waals surface area contributed by atoms with Gasteiger partial charge in [0.25, 0.3) is 0 Å². The van der Waals surface area contributed by atoms with Gasteiger partial charge in [0.15, 0.2) is 5.16 Å². The van der Waals surface area contributed by atoms with Crippen molar-refractivity contribution in [1.82, 2.24) is 19.4 Å². The van der Waals surface area contributed by atoms with E-state index in [1.54, 1.807) is 6.20 Å². The third-order valence-electron chi connectivity index (χ3n) is 5.18. The number of carbonyl (C=O) groups excluding carboxylic acids is 2. The van der Waals surface area contributed by atoms with Crippen molar-refractivity contribution in [3.63, 3.8) is 0 Å². The Kier molecular flexibility index (Phi) is 5.20. The Morgan fingerprint density at radius 3 is 2.52 bits per heavy atom. The van der Waals surface area contributed by atoms with Crippen LogP contribution in [0.4, 0.5) is 0 Å². The number of imidazole rings is 1. The Morgan fingerprint density at radius 2 is 1.81 bits per heavy atom. The third kappa shape index (κ3) is 4.03. The lowest BCUT2D eigenvalue weighted by Crippen LogP contribution is -2.51. The molecule has 1 saturated carbocycles. The third-order valence-corrected chi connectivity index (χ3v) is 6.13. The summed E-state index contributed by atoms with van der Waals surface area (Å²) in [5, 5.41) is 0.820. The van der Waals surface area contributed by atoms with Gasteiger partial charge in [-0.3, -0.25) is 14.2 Å². The first-order chi connectivity index (χ1) is 13.1. The van der Waals surface area contributed by atoms with Crippen molar-refractivity contribution in [3.05, 3.63) is 42.2 Å². The van der Waals surface area contributed by atoms with E-state index >= 15 is 0 Å². The minimum absolute atomic E-state index is 0.109. The zero-order valence-corrected chi connectivity index (χ0v) is 16.3. The minimum atomic E-state index is 0.109. The second kappa shape index (κ2) is 7.76. The molecule has 0 bridgehead atoms. The summed E-state index contributed by atoms with van der Waals surface area (Å²) in [6, 6.07) is 8.14. The van der Waals surface area contributed by atoms with Crippen LogP contribution in [0.1, 0.15) is 18.4 Å². The van der Waals surface area contributed by atoms with Crippen LogP contribution in [0.5, 0.6) is 0 Å². The SMILES string of the molecule is Cc1ccccc1-n1ccnc1SCC(=O)N1CCN(C(=O)C2CC2)CC1. The molecule has 2 aromatic rings. The van der Waals surface area contributed by atoms with E-state index in [0.29, 0.717) is 31.9 Å². The lowest BCUT2D eigenvalue weighted by Gasteiger charge is -2.34. The van der Waals surface area contributed by atoms with Crippen molar-refractivity contribution >= 4 is 23.6 Å². The monoisotopic (exact) mass is 384 g/mol. The van der Waals surface area contributed by atoms with Crippen LogP contribution in [0, 0.1) is 12.8 Å². The molecule has 4 rings (SSSR count). The van der Waals surface area contributed by atoms with E-state index in [9.17, 15) is 9.59 Å². The van der Waals surface area contributed by atoms with Crippen molar-refractivity contribution in [2.24, 2.45) is 5.92 Å². The Balaban J connectivity index is 1.32. The molecule has 1 saturated heterocycles. The molecule has 0 spiro atoms. The molecular weight excluding hydrogens is 360 g/mol. The molecule has 0 radical (unpaired) electrons. The van der Waals surface area contributed by atoms with E-state index in [1.807, 2.05) is 32.7 Å². The zero-order valence-electron chi connectivity index (χ0n) is 15.5. The van der Waals surface area contributed by atoms with Crippen molar-refractivity contribution in [3.8, 4) is 5.69 Å². The molecule has 142 valence electrons. The quantitative estimate of drug-likeness (QED) is 0.743. The highest BCUT2D eigenvalue weighted by molar-refractivity contribution is 7.99. The van der Waals surface area contributed by atoms with Gasteiger partial charge >= 0.3 is 0 Å². The maximum atomic E-state index is 12.6. The van der Waals surface area contributed by atoms with Crippen molar-refractivity contribution in [1.29, 1.82) is 0 Å². The fourth-order valence-corrected chi connectivity index (χ4v) is 4.26. The maximum absolute atomic E-state index is 12.6. The number of amides is 2. The van der Waals surface area contributed by atoms with Gasteiger partial charge in [0.2, 0.25) is 11.8 Å². The summed E-state index contributed by atoms with van der Waals surface area (Å²) >= 11 is 1.46. The second-order valence-corrected chi connectivity index (χ2v) is 8.08. The van der Waals surface area contributed by atoms with Gasteiger partial charge in [-0.1, -0.05) is 30.0 Å². The van der Waals surface area contributed by atoms with Crippen LogP contribution in [0.25, 0.3) is 5.69 Å². The lowest BCUT2D eigenvalue weighted by atomic mass is 10.2. The first-order valence-corrected chi connectivity index (χ1v) is 10.4. The van der Waals surface area contributed by atoms with Crippen molar-refractivity contribution in [2.75, 3.05) is 31.9 Å². The van der Waals surface area contributed by atoms with E-state index in [-0.39, 0.29) is 17.7 Å². The molecule has 1 aromatic carbocycles. The van der Waals surface area contributed by atoms with Gasteiger partial charge in [-0.25, -0.2) is 4.98 Å².